The first-order valence-corrected chi connectivity index (χ1v) is 9.46. The first kappa shape index (κ1) is 16.7. The second-order valence-electron chi connectivity index (χ2n) is 8.67. The zero-order chi connectivity index (χ0) is 14.8. The van der Waals surface area contributed by atoms with Gasteiger partial charge in [-0.3, -0.25) is 0 Å². The van der Waals surface area contributed by atoms with Crippen LogP contribution in [0.1, 0.15) is 85.5 Å². The predicted octanol–water partition coefficient (Wildman–Crippen LogP) is 6.66. The van der Waals surface area contributed by atoms with E-state index in [-0.39, 0.29) is 0 Å². The molecule has 1 heteroatoms. The molecule has 0 heterocycles. The Morgan fingerprint density at radius 3 is 1.95 bits per heavy atom. The molecule has 0 aromatic carbocycles. The lowest BCUT2D eigenvalue weighted by Gasteiger charge is -2.42. The first-order valence-electron chi connectivity index (χ1n) is 9.02. The summed E-state index contributed by atoms with van der Waals surface area (Å²) in [7, 11) is 0. The molecule has 0 bridgehead atoms. The van der Waals surface area contributed by atoms with Crippen LogP contribution in [0.15, 0.2) is 0 Å². The van der Waals surface area contributed by atoms with E-state index in [1.54, 1.807) is 0 Å². The Labute approximate surface area is 132 Å². The highest BCUT2D eigenvalue weighted by molar-refractivity contribution is 6.20. The van der Waals surface area contributed by atoms with E-state index in [4.69, 9.17) is 11.6 Å². The Kier molecular flexibility index (Phi) is 5.86. The fraction of sp³-hybridized carbons (Fsp3) is 1.00. The summed E-state index contributed by atoms with van der Waals surface area (Å²) in [6.45, 7) is 9.86. The molecule has 2 saturated carbocycles. The minimum absolute atomic E-state index is 0.462. The lowest BCUT2D eigenvalue weighted by Crippen LogP contribution is -2.32. The van der Waals surface area contributed by atoms with Gasteiger partial charge in [0.25, 0.3) is 0 Å². The lowest BCUT2D eigenvalue weighted by molar-refractivity contribution is 0.0983. The number of hydrogen-bond donors (Lipinski definition) is 0. The Bertz CT molecular complexity index is 278. The molecule has 0 aromatic rings. The highest BCUT2D eigenvalue weighted by atomic mass is 35.5. The molecule has 0 nitrogen and oxygen atoms in total. The molecule has 0 N–H and O–H groups in total. The summed E-state index contributed by atoms with van der Waals surface area (Å²) >= 11 is 6.27. The van der Waals surface area contributed by atoms with Gasteiger partial charge in [-0.2, -0.15) is 0 Å². The minimum atomic E-state index is 0.462. The largest absolute Gasteiger partial charge is 0.123 e. The van der Waals surface area contributed by atoms with Crippen LogP contribution in [0.2, 0.25) is 0 Å². The molecule has 2 fully saturated rings. The standard InChI is InChI=1S/C19H35Cl/c1-14(2)16-7-5-15(6-8-16)13-19(3,4)17-9-11-18(20)12-10-17/h14-18H,5-13H2,1-4H3. The highest BCUT2D eigenvalue weighted by Gasteiger charge is 2.35. The molecule has 0 spiro atoms. The van der Waals surface area contributed by atoms with Crippen LogP contribution in [-0.4, -0.2) is 5.38 Å². The summed E-state index contributed by atoms with van der Waals surface area (Å²) in [6.07, 6.45) is 12.6. The molecule has 0 aliphatic heterocycles. The fourth-order valence-electron chi connectivity index (χ4n) is 4.80. The molecular weight excluding hydrogens is 264 g/mol. The second kappa shape index (κ2) is 7.03. The summed E-state index contributed by atoms with van der Waals surface area (Å²) in [5, 5.41) is 0.462. The van der Waals surface area contributed by atoms with Crippen LogP contribution in [0.5, 0.6) is 0 Å². The average molecular weight is 299 g/mol. The topological polar surface area (TPSA) is 0 Å². The van der Waals surface area contributed by atoms with Gasteiger partial charge in [0.15, 0.2) is 0 Å². The molecule has 0 saturated heterocycles. The van der Waals surface area contributed by atoms with Crippen molar-refractivity contribution in [2.24, 2.45) is 29.1 Å². The Balaban J connectivity index is 1.80. The maximum atomic E-state index is 6.27. The van der Waals surface area contributed by atoms with E-state index in [2.05, 4.69) is 27.7 Å². The Morgan fingerprint density at radius 1 is 0.900 bits per heavy atom. The zero-order valence-corrected chi connectivity index (χ0v) is 14.9. The molecule has 20 heavy (non-hydrogen) atoms. The van der Waals surface area contributed by atoms with Crippen molar-refractivity contribution in [3.63, 3.8) is 0 Å². The van der Waals surface area contributed by atoms with Crippen LogP contribution in [-0.2, 0) is 0 Å². The summed E-state index contributed by atoms with van der Waals surface area (Å²) in [5.74, 6) is 3.80. The first-order chi connectivity index (χ1) is 9.38. The maximum Gasteiger partial charge on any atom is 0.0336 e. The molecule has 0 aromatic heterocycles. The molecule has 0 radical (unpaired) electrons. The van der Waals surface area contributed by atoms with Crippen molar-refractivity contribution in [1.82, 2.24) is 0 Å². The Hall–Kier alpha value is 0.290. The SMILES string of the molecule is CC(C)C1CCC(CC(C)(C)C2CCC(Cl)CC2)CC1. The lowest BCUT2D eigenvalue weighted by atomic mass is 9.64. The van der Waals surface area contributed by atoms with E-state index in [1.165, 1.54) is 57.8 Å². The molecule has 2 aliphatic carbocycles. The Morgan fingerprint density at radius 2 is 1.45 bits per heavy atom. The highest BCUT2D eigenvalue weighted by Crippen LogP contribution is 2.46. The molecule has 2 rings (SSSR count). The third-order valence-corrected chi connectivity index (χ3v) is 6.85. The van der Waals surface area contributed by atoms with E-state index in [0.717, 1.165) is 23.7 Å². The summed E-state index contributed by atoms with van der Waals surface area (Å²) in [5.41, 5.74) is 0.534. The van der Waals surface area contributed by atoms with Crippen molar-refractivity contribution in [2.75, 3.05) is 0 Å². The molecule has 0 amide bonds. The minimum Gasteiger partial charge on any atom is -0.123 e. The molecule has 0 atom stereocenters. The molecular formula is C19H35Cl. The van der Waals surface area contributed by atoms with Gasteiger partial charge in [0.2, 0.25) is 0 Å². The molecule has 0 unspecified atom stereocenters. The van der Waals surface area contributed by atoms with Crippen molar-refractivity contribution < 1.29 is 0 Å². The van der Waals surface area contributed by atoms with Gasteiger partial charge in [0.1, 0.15) is 0 Å². The third kappa shape index (κ3) is 4.39. The summed E-state index contributed by atoms with van der Waals surface area (Å²) < 4.78 is 0. The van der Waals surface area contributed by atoms with Gasteiger partial charge < -0.3 is 0 Å². The van der Waals surface area contributed by atoms with Crippen LogP contribution in [0.4, 0.5) is 0 Å². The predicted molar refractivity (Wildman–Crippen MR) is 90.3 cm³/mol. The van der Waals surface area contributed by atoms with Gasteiger partial charge in [-0.25, -0.2) is 0 Å². The van der Waals surface area contributed by atoms with E-state index in [1.807, 2.05) is 0 Å². The summed E-state index contributed by atoms with van der Waals surface area (Å²) in [6, 6.07) is 0. The number of halogens is 1. The van der Waals surface area contributed by atoms with Gasteiger partial charge in [0.05, 0.1) is 0 Å². The summed E-state index contributed by atoms with van der Waals surface area (Å²) in [4.78, 5) is 0. The molecule has 2 aliphatic rings. The van der Waals surface area contributed by atoms with E-state index in [9.17, 15) is 0 Å². The van der Waals surface area contributed by atoms with Crippen LogP contribution in [0.25, 0.3) is 0 Å². The normalized spacial score (nSPS) is 36.3. The van der Waals surface area contributed by atoms with E-state index in [0.29, 0.717) is 10.8 Å². The van der Waals surface area contributed by atoms with Gasteiger partial charge in [-0.1, -0.05) is 40.5 Å². The van der Waals surface area contributed by atoms with Gasteiger partial charge in [-0.15, -0.1) is 11.6 Å². The number of hydrogen-bond acceptors (Lipinski definition) is 0. The van der Waals surface area contributed by atoms with Crippen LogP contribution in [0.3, 0.4) is 0 Å². The van der Waals surface area contributed by atoms with Crippen molar-refractivity contribution in [1.29, 1.82) is 0 Å². The van der Waals surface area contributed by atoms with Gasteiger partial charge in [0, 0.05) is 5.38 Å². The van der Waals surface area contributed by atoms with Crippen LogP contribution < -0.4 is 0 Å². The van der Waals surface area contributed by atoms with Gasteiger partial charge in [-0.05, 0) is 74.0 Å². The number of rotatable bonds is 4. The van der Waals surface area contributed by atoms with E-state index >= 15 is 0 Å². The zero-order valence-electron chi connectivity index (χ0n) is 14.1. The van der Waals surface area contributed by atoms with E-state index < -0.39 is 0 Å². The molecule has 118 valence electrons. The maximum absolute atomic E-state index is 6.27. The monoisotopic (exact) mass is 298 g/mol. The average Bonchev–Trinajstić information content (AvgIpc) is 2.39. The quantitative estimate of drug-likeness (QED) is 0.509. The van der Waals surface area contributed by atoms with Crippen LogP contribution in [0, 0.1) is 29.1 Å². The van der Waals surface area contributed by atoms with Crippen molar-refractivity contribution >= 4 is 11.6 Å². The smallest absolute Gasteiger partial charge is 0.0336 e. The number of alkyl halides is 1. The second-order valence-corrected chi connectivity index (χ2v) is 9.28. The van der Waals surface area contributed by atoms with Crippen molar-refractivity contribution in [2.45, 2.75) is 90.9 Å². The van der Waals surface area contributed by atoms with Gasteiger partial charge >= 0.3 is 0 Å². The third-order valence-electron chi connectivity index (χ3n) is 6.41. The van der Waals surface area contributed by atoms with Crippen molar-refractivity contribution in [3.05, 3.63) is 0 Å². The van der Waals surface area contributed by atoms with Crippen LogP contribution >= 0.6 is 11.6 Å². The fourth-order valence-corrected chi connectivity index (χ4v) is 5.06. The van der Waals surface area contributed by atoms with Crippen molar-refractivity contribution in [3.8, 4) is 0 Å².